The summed E-state index contributed by atoms with van der Waals surface area (Å²) in [6.07, 6.45) is 0. The lowest BCUT2D eigenvalue weighted by Crippen LogP contribution is -2.15. The number of nitro benzene ring substituents is 1. The number of carbonyl (C=O) groups is 1. The molecular weight excluding hydrogens is 420 g/mol. The van der Waals surface area contributed by atoms with E-state index in [4.69, 9.17) is 4.74 Å². The van der Waals surface area contributed by atoms with Crippen molar-refractivity contribution in [1.29, 1.82) is 0 Å². The van der Waals surface area contributed by atoms with Crippen LogP contribution in [0, 0.1) is 17.0 Å². The topological polar surface area (TPSA) is 124 Å². The van der Waals surface area contributed by atoms with Gasteiger partial charge in [0.2, 0.25) is 5.91 Å². The fourth-order valence-corrected chi connectivity index (χ4v) is 3.42. The number of aromatic nitrogens is 3. The summed E-state index contributed by atoms with van der Waals surface area (Å²) in [7, 11) is 3.24. The molecule has 0 aliphatic rings. The van der Waals surface area contributed by atoms with E-state index in [0.29, 0.717) is 23.3 Å². The second-order valence-corrected chi connectivity index (χ2v) is 7.60. The minimum Gasteiger partial charge on any atom is -0.496 e. The molecule has 3 rings (SSSR count). The molecule has 0 unspecified atom stereocenters. The van der Waals surface area contributed by atoms with Crippen molar-refractivity contribution in [2.75, 3.05) is 23.5 Å². The summed E-state index contributed by atoms with van der Waals surface area (Å²) in [5.74, 6) is 0.695. The van der Waals surface area contributed by atoms with Crippen molar-refractivity contribution in [2.24, 2.45) is 7.05 Å². The average molecular weight is 443 g/mol. The predicted octanol–water partition coefficient (Wildman–Crippen LogP) is 3.38. The number of nitro groups is 1. The van der Waals surface area contributed by atoms with E-state index < -0.39 is 4.92 Å². The molecule has 0 spiro atoms. The van der Waals surface area contributed by atoms with E-state index in [1.54, 1.807) is 10.6 Å². The number of ether oxygens (including phenoxy) is 1. The zero-order valence-electron chi connectivity index (χ0n) is 17.3. The third-order valence-electron chi connectivity index (χ3n) is 4.44. The Morgan fingerprint density at radius 3 is 2.65 bits per heavy atom. The number of hydrogen-bond acceptors (Lipinski definition) is 8. The molecule has 0 aliphatic heterocycles. The second kappa shape index (κ2) is 9.94. The molecule has 1 amide bonds. The first-order valence-electron chi connectivity index (χ1n) is 9.31. The largest absolute Gasteiger partial charge is 0.496 e. The highest BCUT2D eigenvalue weighted by Gasteiger charge is 2.18. The number of thioether (sulfide) groups is 1. The number of anilines is 2. The zero-order valence-corrected chi connectivity index (χ0v) is 18.1. The number of nitrogens with zero attached hydrogens (tertiary/aromatic N) is 4. The van der Waals surface area contributed by atoms with Crippen molar-refractivity contribution in [1.82, 2.24) is 14.8 Å². The first-order valence-corrected chi connectivity index (χ1v) is 10.3. The molecule has 2 aromatic carbocycles. The first-order chi connectivity index (χ1) is 14.9. The number of nitrogens with one attached hydrogen (secondary N) is 2. The molecule has 0 fully saturated rings. The number of aryl methyl sites for hydroxylation is 1. The highest BCUT2D eigenvalue weighted by molar-refractivity contribution is 7.99. The lowest BCUT2D eigenvalue weighted by Gasteiger charge is -2.08. The van der Waals surface area contributed by atoms with Gasteiger partial charge in [-0.15, -0.1) is 10.2 Å². The maximum absolute atomic E-state index is 12.3. The molecule has 0 saturated carbocycles. The molecule has 0 radical (unpaired) electrons. The molecule has 3 aromatic rings. The minimum atomic E-state index is -0.568. The van der Waals surface area contributed by atoms with Gasteiger partial charge in [-0.05, 0) is 31.2 Å². The number of carbonyl (C=O) groups excluding carboxylic acids is 1. The SMILES string of the molecule is COc1ccc(NC(=O)CSc2nnc(CNc3ccc(C)cc3)n2C)c([N+](=O)[O-])c1. The molecule has 1 heterocycles. The van der Waals surface area contributed by atoms with Crippen LogP contribution in [0.5, 0.6) is 5.75 Å². The summed E-state index contributed by atoms with van der Waals surface area (Å²) in [5, 5.41) is 25.9. The number of hydrogen-bond donors (Lipinski definition) is 2. The lowest BCUT2D eigenvalue weighted by atomic mass is 10.2. The van der Waals surface area contributed by atoms with Crippen molar-refractivity contribution in [3.63, 3.8) is 0 Å². The maximum Gasteiger partial charge on any atom is 0.296 e. The van der Waals surface area contributed by atoms with Crippen molar-refractivity contribution in [2.45, 2.75) is 18.6 Å². The van der Waals surface area contributed by atoms with Crippen LogP contribution in [0.25, 0.3) is 0 Å². The molecule has 0 saturated heterocycles. The van der Waals surface area contributed by atoms with Crippen molar-refractivity contribution < 1.29 is 14.5 Å². The van der Waals surface area contributed by atoms with Gasteiger partial charge in [-0.25, -0.2) is 0 Å². The normalized spacial score (nSPS) is 10.5. The summed E-state index contributed by atoms with van der Waals surface area (Å²) in [6.45, 7) is 2.51. The molecule has 10 nitrogen and oxygen atoms in total. The van der Waals surface area contributed by atoms with Gasteiger partial charge in [0, 0.05) is 12.7 Å². The Bertz CT molecular complexity index is 1080. The molecular formula is C20H22N6O4S. The van der Waals surface area contributed by atoms with E-state index in [0.717, 1.165) is 5.69 Å². The summed E-state index contributed by atoms with van der Waals surface area (Å²) in [4.78, 5) is 23.0. The van der Waals surface area contributed by atoms with Crippen LogP contribution in [0.3, 0.4) is 0 Å². The molecule has 1 aromatic heterocycles. The number of amides is 1. The van der Waals surface area contributed by atoms with E-state index in [9.17, 15) is 14.9 Å². The zero-order chi connectivity index (χ0) is 22.4. The standard InChI is InChI=1S/C20H22N6O4S/c1-13-4-6-14(7-5-13)21-11-18-23-24-20(25(18)2)31-12-19(27)22-16-9-8-15(30-3)10-17(16)26(28)29/h4-10,21H,11-12H2,1-3H3,(H,22,27). The van der Waals surface area contributed by atoms with Gasteiger partial charge in [-0.3, -0.25) is 14.9 Å². The molecule has 0 aliphatic carbocycles. The van der Waals surface area contributed by atoms with Crippen LogP contribution in [-0.2, 0) is 18.4 Å². The summed E-state index contributed by atoms with van der Waals surface area (Å²) < 4.78 is 6.80. The summed E-state index contributed by atoms with van der Waals surface area (Å²) in [5.41, 5.74) is 2.03. The van der Waals surface area contributed by atoms with Gasteiger partial charge in [-0.2, -0.15) is 0 Å². The maximum atomic E-state index is 12.3. The molecule has 0 atom stereocenters. The summed E-state index contributed by atoms with van der Waals surface area (Å²) >= 11 is 1.20. The van der Waals surface area contributed by atoms with Crippen LogP contribution in [0.4, 0.5) is 17.1 Å². The third kappa shape index (κ3) is 5.72. The molecule has 2 N–H and O–H groups in total. The number of benzene rings is 2. The Hall–Kier alpha value is -3.60. The third-order valence-corrected chi connectivity index (χ3v) is 5.46. The van der Waals surface area contributed by atoms with Gasteiger partial charge in [0.25, 0.3) is 5.69 Å². The number of methoxy groups -OCH3 is 1. The fourth-order valence-electron chi connectivity index (χ4n) is 2.69. The Morgan fingerprint density at radius 1 is 1.23 bits per heavy atom. The quantitative estimate of drug-likeness (QED) is 0.294. The van der Waals surface area contributed by atoms with E-state index in [-0.39, 0.29) is 23.0 Å². The van der Waals surface area contributed by atoms with Crippen molar-refractivity contribution in [3.05, 3.63) is 64.0 Å². The molecule has 11 heteroatoms. The van der Waals surface area contributed by atoms with Gasteiger partial charge in [-0.1, -0.05) is 29.5 Å². The summed E-state index contributed by atoms with van der Waals surface area (Å²) in [6, 6.07) is 12.3. The van der Waals surface area contributed by atoms with Gasteiger partial charge in [0.1, 0.15) is 11.4 Å². The van der Waals surface area contributed by atoms with E-state index in [1.807, 2.05) is 38.2 Å². The first kappa shape index (κ1) is 22.1. The van der Waals surface area contributed by atoms with Crippen LogP contribution >= 0.6 is 11.8 Å². The highest BCUT2D eigenvalue weighted by Crippen LogP contribution is 2.29. The van der Waals surface area contributed by atoms with Crippen molar-refractivity contribution >= 4 is 34.7 Å². The van der Waals surface area contributed by atoms with Crippen molar-refractivity contribution in [3.8, 4) is 5.75 Å². The lowest BCUT2D eigenvalue weighted by molar-refractivity contribution is -0.384. The van der Waals surface area contributed by atoms with Gasteiger partial charge in [0.05, 0.1) is 30.4 Å². The van der Waals surface area contributed by atoms with Gasteiger partial charge >= 0.3 is 0 Å². The molecule has 31 heavy (non-hydrogen) atoms. The Kier molecular flexibility index (Phi) is 7.08. The second-order valence-electron chi connectivity index (χ2n) is 6.65. The van der Waals surface area contributed by atoms with Crippen LogP contribution in [0.15, 0.2) is 47.6 Å². The Labute approximate surface area is 183 Å². The van der Waals surface area contributed by atoms with Gasteiger partial charge < -0.3 is 19.9 Å². The van der Waals surface area contributed by atoms with E-state index in [1.165, 1.54) is 36.6 Å². The fraction of sp³-hybridized carbons (Fsp3) is 0.250. The highest BCUT2D eigenvalue weighted by atomic mass is 32.2. The van der Waals surface area contributed by atoms with Crippen LogP contribution < -0.4 is 15.4 Å². The molecule has 162 valence electrons. The monoisotopic (exact) mass is 442 g/mol. The Balaban J connectivity index is 1.57. The Morgan fingerprint density at radius 2 is 1.97 bits per heavy atom. The van der Waals surface area contributed by atoms with Crippen LogP contribution in [-0.4, -0.2) is 38.5 Å². The van der Waals surface area contributed by atoms with E-state index in [2.05, 4.69) is 20.8 Å². The van der Waals surface area contributed by atoms with Crippen LogP contribution in [0.1, 0.15) is 11.4 Å². The molecule has 0 bridgehead atoms. The van der Waals surface area contributed by atoms with Crippen LogP contribution in [0.2, 0.25) is 0 Å². The van der Waals surface area contributed by atoms with E-state index >= 15 is 0 Å². The average Bonchev–Trinajstić information content (AvgIpc) is 3.11. The number of rotatable bonds is 9. The predicted molar refractivity (Wildman–Crippen MR) is 119 cm³/mol. The van der Waals surface area contributed by atoms with Gasteiger partial charge in [0.15, 0.2) is 11.0 Å². The minimum absolute atomic E-state index is 0.0283. The smallest absolute Gasteiger partial charge is 0.296 e.